The Labute approximate surface area is 119 Å². The van der Waals surface area contributed by atoms with E-state index in [9.17, 15) is 13.2 Å². The van der Waals surface area contributed by atoms with Crippen LogP contribution >= 0.6 is 15.9 Å². The largest absolute Gasteiger partial charge is 0.417 e. The first-order chi connectivity index (χ1) is 8.86. The summed E-state index contributed by atoms with van der Waals surface area (Å²) >= 11 is 2.95. The van der Waals surface area contributed by atoms with E-state index < -0.39 is 11.7 Å². The van der Waals surface area contributed by atoms with Crippen molar-refractivity contribution >= 4 is 21.6 Å². The highest BCUT2D eigenvalue weighted by Crippen LogP contribution is 2.37. The number of hydrogen-bond donors (Lipinski definition) is 1. The molecule has 106 valence electrons. The first kappa shape index (κ1) is 14.7. The fourth-order valence-electron chi connectivity index (χ4n) is 2.40. The molecule has 2 rings (SSSR count). The Hall–Kier alpha value is -0.710. The predicted octanol–water partition coefficient (Wildman–Crippen LogP) is 5.46. The molecule has 0 aromatic heterocycles. The minimum atomic E-state index is -4.33. The van der Waals surface area contributed by atoms with Crippen LogP contribution in [0.1, 0.15) is 38.2 Å². The van der Waals surface area contributed by atoms with Crippen molar-refractivity contribution in [1.82, 2.24) is 0 Å². The van der Waals surface area contributed by atoms with Gasteiger partial charge in [-0.05, 0) is 37.5 Å². The van der Waals surface area contributed by atoms with Gasteiger partial charge in [0.15, 0.2) is 0 Å². The number of nitrogens with one attached hydrogen (secondary N) is 1. The quantitative estimate of drug-likeness (QED) is 0.770. The highest BCUT2D eigenvalue weighted by molar-refractivity contribution is 9.10. The summed E-state index contributed by atoms with van der Waals surface area (Å²) < 4.78 is 38.4. The van der Waals surface area contributed by atoms with Gasteiger partial charge in [0.1, 0.15) is 0 Å². The third kappa shape index (κ3) is 3.88. The van der Waals surface area contributed by atoms with Gasteiger partial charge in [-0.15, -0.1) is 0 Å². The molecule has 0 aliphatic heterocycles. The average Bonchev–Trinajstić information content (AvgIpc) is 2.25. The molecule has 1 aromatic rings. The van der Waals surface area contributed by atoms with Crippen molar-refractivity contribution < 1.29 is 13.2 Å². The molecule has 1 unspecified atom stereocenters. The smallest absolute Gasteiger partial charge is 0.383 e. The monoisotopic (exact) mass is 335 g/mol. The Kier molecular flexibility index (Phi) is 4.43. The maximum atomic E-state index is 12.8. The van der Waals surface area contributed by atoms with Crippen LogP contribution in [-0.4, -0.2) is 6.04 Å². The zero-order chi connectivity index (χ0) is 14.0. The molecule has 1 aliphatic carbocycles. The van der Waals surface area contributed by atoms with E-state index in [4.69, 9.17) is 0 Å². The third-order valence-electron chi connectivity index (χ3n) is 3.60. The van der Waals surface area contributed by atoms with Gasteiger partial charge in [0.2, 0.25) is 0 Å². The summed E-state index contributed by atoms with van der Waals surface area (Å²) in [5, 5.41) is 3.16. The van der Waals surface area contributed by atoms with E-state index in [-0.39, 0.29) is 10.5 Å². The Morgan fingerprint density at radius 3 is 2.58 bits per heavy atom. The lowest BCUT2D eigenvalue weighted by molar-refractivity contribution is -0.138. The summed E-state index contributed by atoms with van der Waals surface area (Å²) in [7, 11) is 0. The molecular weight excluding hydrogens is 319 g/mol. The van der Waals surface area contributed by atoms with Crippen molar-refractivity contribution in [1.29, 1.82) is 0 Å². The molecule has 19 heavy (non-hydrogen) atoms. The Bertz CT molecular complexity index is 441. The zero-order valence-corrected chi connectivity index (χ0v) is 12.3. The molecule has 1 atom stereocenters. The second kappa shape index (κ2) is 5.73. The number of anilines is 1. The van der Waals surface area contributed by atoms with E-state index in [0.29, 0.717) is 5.69 Å². The van der Waals surface area contributed by atoms with Gasteiger partial charge in [-0.1, -0.05) is 35.2 Å². The Morgan fingerprint density at radius 1 is 1.37 bits per heavy atom. The van der Waals surface area contributed by atoms with Crippen LogP contribution in [0.3, 0.4) is 0 Å². The lowest BCUT2D eigenvalue weighted by Crippen LogP contribution is -2.23. The fraction of sp³-hybridized carbons (Fsp3) is 0.571. The van der Waals surface area contributed by atoms with Crippen molar-refractivity contribution in [2.75, 3.05) is 5.32 Å². The second-order valence-corrected chi connectivity index (χ2v) is 6.12. The van der Waals surface area contributed by atoms with Gasteiger partial charge < -0.3 is 5.32 Å². The first-order valence-electron chi connectivity index (χ1n) is 6.49. The highest BCUT2D eigenvalue weighted by Gasteiger charge is 2.33. The van der Waals surface area contributed by atoms with E-state index >= 15 is 0 Å². The summed E-state index contributed by atoms with van der Waals surface area (Å²) in [5.41, 5.74) is -0.101. The highest BCUT2D eigenvalue weighted by atomic mass is 79.9. The van der Waals surface area contributed by atoms with Crippen molar-refractivity contribution in [3.05, 3.63) is 28.2 Å². The van der Waals surface area contributed by atoms with E-state index in [2.05, 4.69) is 21.2 Å². The van der Waals surface area contributed by atoms with Crippen LogP contribution in [0.5, 0.6) is 0 Å². The average molecular weight is 336 g/mol. The minimum Gasteiger partial charge on any atom is -0.383 e. The lowest BCUT2D eigenvalue weighted by Gasteiger charge is -2.29. The molecule has 1 saturated carbocycles. The van der Waals surface area contributed by atoms with Crippen molar-refractivity contribution in [3.8, 4) is 0 Å². The maximum absolute atomic E-state index is 12.8. The summed E-state index contributed by atoms with van der Waals surface area (Å²) in [6.45, 7) is 2.02. The fourth-order valence-corrected chi connectivity index (χ4v) is 2.88. The first-order valence-corrected chi connectivity index (χ1v) is 7.29. The van der Waals surface area contributed by atoms with Crippen LogP contribution in [0.15, 0.2) is 22.7 Å². The van der Waals surface area contributed by atoms with Gasteiger partial charge in [0.05, 0.1) is 5.56 Å². The molecule has 1 N–H and O–H groups in total. The SMILES string of the molecule is CC(CC1CCC1)Nc1ccc(Br)c(C(F)(F)F)c1. The van der Waals surface area contributed by atoms with Gasteiger partial charge in [-0.25, -0.2) is 0 Å². The number of benzene rings is 1. The normalized spacial score (nSPS) is 17.9. The van der Waals surface area contributed by atoms with Crippen molar-refractivity contribution in [3.63, 3.8) is 0 Å². The molecule has 5 heteroatoms. The van der Waals surface area contributed by atoms with Crippen LogP contribution in [0.4, 0.5) is 18.9 Å². The van der Waals surface area contributed by atoms with E-state index in [1.54, 1.807) is 6.07 Å². The number of rotatable bonds is 4. The minimum absolute atomic E-state index is 0.0807. The molecule has 1 aliphatic rings. The molecule has 1 aromatic carbocycles. The molecular formula is C14H17BrF3N. The standard InChI is InChI=1S/C14H17BrF3N/c1-9(7-10-3-2-4-10)19-11-5-6-13(15)12(8-11)14(16,17)18/h5-6,8-10,19H,2-4,7H2,1H3. The van der Waals surface area contributed by atoms with Gasteiger partial charge in [-0.3, -0.25) is 0 Å². The second-order valence-electron chi connectivity index (χ2n) is 5.27. The Balaban J connectivity index is 2.03. The van der Waals surface area contributed by atoms with Crippen molar-refractivity contribution in [2.45, 2.75) is 44.8 Å². The predicted molar refractivity (Wildman–Crippen MR) is 74.2 cm³/mol. The summed E-state index contributed by atoms with van der Waals surface area (Å²) in [6, 6.07) is 4.49. The molecule has 1 nitrogen and oxygen atoms in total. The number of alkyl halides is 3. The third-order valence-corrected chi connectivity index (χ3v) is 4.29. The van der Waals surface area contributed by atoms with Crippen LogP contribution in [0, 0.1) is 5.92 Å². The number of halogens is 4. The molecule has 0 bridgehead atoms. The molecule has 0 saturated heterocycles. The molecule has 1 fully saturated rings. The van der Waals surface area contributed by atoms with E-state index in [0.717, 1.165) is 12.3 Å². The summed E-state index contributed by atoms with van der Waals surface area (Å²) in [5.74, 6) is 0.736. The van der Waals surface area contributed by atoms with Gasteiger partial charge in [0, 0.05) is 16.2 Å². The van der Waals surface area contributed by atoms with Crippen LogP contribution in [0.2, 0.25) is 0 Å². The van der Waals surface area contributed by atoms with Crippen LogP contribution in [0.25, 0.3) is 0 Å². The number of hydrogen-bond acceptors (Lipinski definition) is 1. The summed E-state index contributed by atoms with van der Waals surface area (Å²) in [4.78, 5) is 0. The van der Waals surface area contributed by atoms with E-state index in [1.165, 1.54) is 31.4 Å². The molecule has 0 spiro atoms. The maximum Gasteiger partial charge on any atom is 0.417 e. The van der Waals surface area contributed by atoms with Crippen LogP contribution in [-0.2, 0) is 6.18 Å². The topological polar surface area (TPSA) is 12.0 Å². The summed E-state index contributed by atoms with van der Waals surface area (Å²) in [6.07, 6.45) is 0.485. The molecule has 0 radical (unpaired) electrons. The van der Waals surface area contributed by atoms with E-state index in [1.807, 2.05) is 6.92 Å². The van der Waals surface area contributed by atoms with Gasteiger partial charge in [-0.2, -0.15) is 13.2 Å². The Morgan fingerprint density at radius 2 is 2.05 bits per heavy atom. The molecule has 0 heterocycles. The van der Waals surface area contributed by atoms with Gasteiger partial charge >= 0.3 is 6.18 Å². The van der Waals surface area contributed by atoms with Crippen LogP contribution < -0.4 is 5.32 Å². The van der Waals surface area contributed by atoms with Crippen molar-refractivity contribution in [2.24, 2.45) is 5.92 Å². The van der Waals surface area contributed by atoms with Gasteiger partial charge in [0.25, 0.3) is 0 Å². The molecule has 0 amide bonds. The lowest BCUT2D eigenvalue weighted by atomic mass is 9.81. The zero-order valence-electron chi connectivity index (χ0n) is 10.7.